The molecule has 0 spiro atoms. The van der Waals surface area contributed by atoms with Crippen molar-refractivity contribution >= 4 is 11.6 Å². The number of halogens is 1. The lowest BCUT2D eigenvalue weighted by Gasteiger charge is -2.25. The summed E-state index contributed by atoms with van der Waals surface area (Å²) in [5.74, 6) is 0. The highest BCUT2D eigenvalue weighted by atomic mass is 35.5. The quantitative estimate of drug-likeness (QED) is 0.666. The zero-order valence-corrected chi connectivity index (χ0v) is 15.8. The van der Waals surface area contributed by atoms with E-state index in [9.17, 15) is 5.11 Å². The van der Waals surface area contributed by atoms with Gasteiger partial charge in [0.15, 0.2) is 0 Å². The lowest BCUT2D eigenvalue weighted by Crippen LogP contribution is -2.35. The molecule has 0 aromatic heterocycles. The Balaban J connectivity index is 1.81. The van der Waals surface area contributed by atoms with Gasteiger partial charge in [-0.05, 0) is 43.1 Å². The molecule has 0 aliphatic rings. The largest absolute Gasteiger partial charge is 0.389 e. The molecule has 0 amide bonds. The molecule has 1 N–H and O–H groups in total. The molecule has 0 aliphatic carbocycles. The fourth-order valence-corrected chi connectivity index (χ4v) is 2.95. The van der Waals surface area contributed by atoms with Crippen LogP contribution in [-0.4, -0.2) is 35.8 Å². The van der Waals surface area contributed by atoms with Crippen LogP contribution in [0.1, 0.15) is 37.5 Å². The molecule has 0 saturated carbocycles. The van der Waals surface area contributed by atoms with Gasteiger partial charge in [-0.25, -0.2) is 0 Å². The van der Waals surface area contributed by atoms with Crippen molar-refractivity contribution in [2.24, 2.45) is 0 Å². The molecule has 0 fully saturated rings. The van der Waals surface area contributed by atoms with E-state index in [1.807, 2.05) is 49.4 Å². The topological polar surface area (TPSA) is 32.7 Å². The van der Waals surface area contributed by atoms with Gasteiger partial charge >= 0.3 is 0 Å². The Hall–Kier alpha value is -1.39. The van der Waals surface area contributed by atoms with Crippen LogP contribution in [0.15, 0.2) is 54.6 Å². The summed E-state index contributed by atoms with van der Waals surface area (Å²) >= 11 is 5.91. The molecular formula is C21H28ClNO2. The molecule has 0 saturated heterocycles. The van der Waals surface area contributed by atoms with Gasteiger partial charge in [0.2, 0.25) is 0 Å². The van der Waals surface area contributed by atoms with Gasteiger partial charge in [0.05, 0.1) is 18.8 Å². The normalized spacial score (nSPS) is 13.8. The molecule has 0 bridgehead atoms. The van der Waals surface area contributed by atoms with E-state index in [1.165, 1.54) is 5.56 Å². The van der Waals surface area contributed by atoms with Gasteiger partial charge in [-0.15, -0.1) is 0 Å². The Morgan fingerprint density at radius 2 is 1.76 bits per heavy atom. The summed E-state index contributed by atoms with van der Waals surface area (Å²) in [5.41, 5.74) is 2.32. The third kappa shape index (κ3) is 7.17. The van der Waals surface area contributed by atoms with Crippen LogP contribution in [0, 0.1) is 0 Å². The number of nitrogens with zero attached hydrogens (tertiary/aromatic N) is 1. The highest BCUT2D eigenvalue weighted by Gasteiger charge is 2.14. The first-order chi connectivity index (χ1) is 12.1. The van der Waals surface area contributed by atoms with Gasteiger partial charge < -0.3 is 9.84 Å². The number of rotatable bonds is 10. The molecule has 0 radical (unpaired) electrons. The fourth-order valence-electron chi connectivity index (χ4n) is 2.83. The van der Waals surface area contributed by atoms with Crippen molar-refractivity contribution in [3.63, 3.8) is 0 Å². The van der Waals surface area contributed by atoms with Crippen molar-refractivity contribution in [3.8, 4) is 0 Å². The number of benzene rings is 2. The van der Waals surface area contributed by atoms with Crippen LogP contribution in [-0.2, 0) is 11.3 Å². The number of hydrogen-bond donors (Lipinski definition) is 1. The number of aliphatic hydroxyl groups excluding tert-OH is 1. The van der Waals surface area contributed by atoms with Crippen LogP contribution in [0.25, 0.3) is 0 Å². The zero-order valence-electron chi connectivity index (χ0n) is 15.1. The molecule has 136 valence electrons. The molecule has 2 rings (SSSR count). The van der Waals surface area contributed by atoms with Crippen molar-refractivity contribution in [2.45, 2.75) is 39.0 Å². The van der Waals surface area contributed by atoms with E-state index in [1.54, 1.807) is 0 Å². The second kappa shape index (κ2) is 10.6. The van der Waals surface area contributed by atoms with Crippen LogP contribution in [0.5, 0.6) is 0 Å². The molecule has 3 nitrogen and oxygen atoms in total. The predicted molar refractivity (Wildman–Crippen MR) is 104 cm³/mol. The standard InChI is InChI=1S/C21H28ClNO2/c1-3-13-23(14-18-7-5-4-6-8-18)15-21(24)16-25-17(2)19-9-11-20(22)12-10-19/h4-12,17,21,24H,3,13-16H2,1-2H3/t17-,21-/m0/s1. The lowest BCUT2D eigenvalue weighted by atomic mass is 10.1. The van der Waals surface area contributed by atoms with Crippen LogP contribution in [0.4, 0.5) is 0 Å². The fraction of sp³-hybridized carbons (Fsp3) is 0.429. The van der Waals surface area contributed by atoms with Gasteiger partial charge in [0, 0.05) is 18.1 Å². The van der Waals surface area contributed by atoms with E-state index >= 15 is 0 Å². The average Bonchev–Trinajstić information content (AvgIpc) is 2.61. The smallest absolute Gasteiger partial charge is 0.0900 e. The van der Waals surface area contributed by atoms with Gasteiger partial charge in [0.1, 0.15) is 0 Å². The minimum Gasteiger partial charge on any atom is -0.389 e. The maximum atomic E-state index is 10.4. The van der Waals surface area contributed by atoms with Gasteiger partial charge in [-0.3, -0.25) is 4.90 Å². The van der Waals surface area contributed by atoms with Crippen molar-refractivity contribution in [3.05, 3.63) is 70.7 Å². The molecule has 0 heterocycles. The van der Waals surface area contributed by atoms with Crippen molar-refractivity contribution in [1.82, 2.24) is 4.90 Å². The second-order valence-corrected chi connectivity index (χ2v) is 6.84. The lowest BCUT2D eigenvalue weighted by molar-refractivity contribution is -0.0166. The van der Waals surface area contributed by atoms with Crippen LogP contribution in [0.3, 0.4) is 0 Å². The molecule has 4 heteroatoms. The molecule has 0 unspecified atom stereocenters. The van der Waals surface area contributed by atoms with Crippen molar-refractivity contribution < 1.29 is 9.84 Å². The number of hydrogen-bond acceptors (Lipinski definition) is 3. The predicted octanol–water partition coefficient (Wildman–Crippen LogP) is 4.69. The molecule has 25 heavy (non-hydrogen) atoms. The highest BCUT2D eigenvalue weighted by Crippen LogP contribution is 2.19. The van der Waals surface area contributed by atoms with E-state index in [0.29, 0.717) is 18.2 Å². The summed E-state index contributed by atoms with van der Waals surface area (Å²) in [4.78, 5) is 2.27. The van der Waals surface area contributed by atoms with Crippen LogP contribution >= 0.6 is 11.6 Å². The summed E-state index contributed by atoms with van der Waals surface area (Å²) in [7, 11) is 0. The second-order valence-electron chi connectivity index (χ2n) is 6.40. The Morgan fingerprint density at radius 1 is 1.08 bits per heavy atom. The number of ether oxygens (including phenoxy) is 1. The molecule has 2 aromatic rings. The zero-order chi connectivity index (χ0) is 18.1. The highest BCUT2D eigenvalue weighted by molar-refractivity contribution is 6.30. The molecule has 0 aliphatic heterocycles. The Labute approximate surface area is 156 Å². The summed E-state index contributed by atoms with van der Waals surface area (Å²) in [5, 5.41) is 11.1. The third-order valence-corrected chi connectivity index (χ3v) is 4.39. The van der Waals surface area contributed by atoms with Crippen LogP contribution < -0.4 is 0 Å². The van der Waals surface area contributed by atoms with E-state index in [0.717, 1.165) is 25.1 Å². The first kappa shape index (κ1) is 19.9. The van der Waals surface area contributed by atoms with Gasteiger partial charge in [-0.1, -0.05) is 61.0 Å². The van der Waals surface area contributed by atoms with Crippen LogP contribution in [0.2, 0.25) is 5.02 Å². The summed E-state index contributed by atoms with van der Waals surface area (Å²) in [6.07, 6.45) is 0.479. The summed E-state index contributed by atoms with van der Waals surface area (Å²) in [6.45, 7) is 6.87. The minimum atomic E-state index is -0.509. The Kier molecular flexibility index (Phi) is 8.42. The maximum Gasteiger partial charge on any atom is 0.0900 e. The first-order valence-electron chi connectivity index (χ1n) is 8.90. The molecule has 2 atom stereocenters. The summed E-state index contributed by atoms with van der Waals surface area (Å²) in [6, 6.07) is 18.0. The van der Waals surface area contributed by atoms with Crippen molar-refractivity contribution in [1.29, 1.82) is 0 Å². The minimum absolute atomic E-state index is 0.0688. The maximum absolute atomic E-state index is 10.4. The SMILES string of the molecule is CCCN(Cc1ccccc1)C[C@H](O)CO[C@@H](C)c1ccc(Cl)cc1. The monoisotopic (exact) mass is 361 g/mol. The number of aliphatic hydroxyl groups is 1. The summed E-state index contributed by atoms with van der Waals surface area (Å²) < 4.78 is 5.84. The Morgan fingerprint density at radius 3 is 2.40 bits per heavy atom. The van der Waals surface area contributed by atoms with Gasteiger partial charge in [-0.2, -0.15) is 0 Å². The average molecular weight is 362 g/mol. The molecule has 2 aromatic carbocycles. The van der Waals surface area contributed by atoms with E-state index in [-0.39, 0.29) is 6.10 Å². The third-order valence-electron chi connectivity index (χ3n) is 4.14. The van der Waals surface area contributed by atoms with Crippen molar-refractivity contribution in [2.75, 3.05) is 19.7 Å². The molecular weight excluding hydrogens is 334 g/mol. The van der Waals surface area contributed by atoms with E-state index in [4.69, 9.17) is 16.3 Å². The van der Waals surface area contributed by atoms with E-state index < -0.39 is 6.10 Å². The van der Waals surface area contributed by atoms with Gasteiger partial charge in [0.25, 0.3) is 0 Å². The first-order valence-corrected chi connectivity index (χ1v) is 9.27. The van der Waals surface area contributed by atoms with E-state index in [2.05, 4.69) is 24.0 Å². The Bertz CT molecular complexity index is 603.